The van der Waals surface area contributed by atoms with Crippen molar-refractivity contribution >= 4 is 45.0 Å². The molecule has 5 rings (SSSR count). The predicted molar refractivity (Wildman–Crippen MR) is 146 cm³/mol. The number of carbonyl (C=O) groups excluding carboxylic acids is 1. The first-order chi connectivity index (χ1) is 18.3. The van der Waals surface area contributed by atoms with Crippen LogP contribution in [0.25, 0.3) is 10.1 Å². The normalized spacial score (nSPS) is 19.7. The van der Waals surface area contributed by atoms with Gasteiger partial charge in [0, 0.05) is 34.1 Å². The van der Waals surface area contributed by atoms with Gasteiger partial charge < -0.3 is 20.4 Å². The van der Waals surface area contributed by atoms with E-state index in [2.05, 4.69) is 27.7 Å². The molecule has 2 atom stereocenters. The van der Waals surface area contributed by atoms with Gasteiger partial charge in [-0.2, -0.15) is 0 Å². The van der Waals surface area contributed by atoms with Crippen molar-refractivity contribution in [1.82, 2.24) is 4.90 Å². The van der Waals surface area contributed by atoms with Crippen LogP contribution in [0.15, 0.2) is 60.0 Å². The molecule has 2 aliphatic rings. The highest BCUT2D eigenvalue weighted by molar-refractivity contribution is 7.17. The van der Waals surface area contributed by atoms with Crippen molar-refractivity contribution in [3.8, 4) is 0 Å². The van der Waals surface area contributed by atoms with E-state index in [-0.39, 0.29) is 11.7 Å². The Labute approximate surface area is 224 Å². The SMILES string of the molecule is O=C(Nc1ccc2scc(C3CCC4CCCCN4CC3)c2c1)c1ccc(F)cc1.O=C(O)C=CC(=O)O. The van der Waals surface area contributed by atoms with Crippen LogP contribution in [0.2, 0.25) is 0 Å². The third kappa shape index (κ3) is 7.26. The van der Waals surface area contributed by atoms with Crippen molar-refractivity contribution in [1.29, 1.82) is 0 Å². The molecule has 2 aliphatic heterocycles. The fourth-order valence-electron chi connectivity index (χ4n) is 5.24. The van der Waals surface area contributed by atoms with Crippen molar-refractivity contribution in [2.45, 2.75) is 50.5 Å². The highest BCUT2D eigenvalue weighted by Gasteiger charge is 2.28. The number of carboxylic acid groups (broad SMARTS) is 2. The summed E-state index contributed by atoms with van der Waals surface area (Å²) in [4.78, 5) is 34.4. The van der Waals surface area contributed by atoms with Crippen LogP contribution in [0.5, 0.6) is 0 Å². The minimum atomic E-state index is -1.26. The maximum atomic E-state index is 13.1. The van der Waals surface area contributed by atoms with E-state index in [1.807, 2.05) is 6.07 Å². The molecule has 3 heterocycles. The highest BCUT2D eigenvalue weighted by atomic mass is 32.1. The van der Waals surface area contributed by atoms with Crippen LogP contribution in [-0.2, 0) is 9.59 Å². The first-order valence-electron chi connectivity index (χ1n) is 12.8. The van der Waals surface area contributed by atoms with Gasteiger partial charge in [-0.25, -0.2) is 14.0 Å². The van der Waals surface area contributed by atoms with Crippen LogP contribution in [-0.4, -0.2) is 52.1 Å². The largest absolute Gasteiger partial charge is 0.478 e. The third-order valence-corrected chi connectivity index (χ3v) is 8.12. The van der Waals surface area contributed by atoms with Crippen LogP contribution in [0.4, 0.5) is 10.1 Å². The molecule has 2 unspecified atom stereocenters. The van der Waals surface area contributed by atoms with Crippen molar-refractivity contribution in [3.63, 3.8) is 0 Å². The molecule has 3 N–H and O–H groups in total. The molecule has 1 aromatic heterocycles. The van der Waals surface area contributed by atoms with Crippen LogP contribution >= 0.6 is 11.3 Å². The number of anilines is 1. The average molecular weight is 539 g/mol. The molecule has 0 aliphatic carbocycles. The lowest BCUT2D eigenvalue weighted by molar-refractivity contribution is -0.134. The molecule has 2 aromatic carbocycles. The Morgan fingerprint density at radius 3 is 2.37 bits per heavy atom. The van der Waals surface area contributed by atoms with E-state index in [0.717, 1.165) is 11.7 Å². The quantitative estimate of drug-likeness (QED) is 0.338. The summed E-state index contributed by atoms with van der Waals surface area (Å²) in [6.07, 6.45) is 8.96. The summed E-state index contributed by atoms with van der Waals surface area (Å²) in [5.74, 6) is -2.47. The average Bonchev–Trinajstić information content (AvgIpc) is 3.20. The van der Waals surface area contributed by atoms with Gasteiger partial charge >= 0.3 is 11.9 Å². The summed E-state index contributed by atoms with van der Waals surface area (Å²) in [5.41, 5.74) is 2.69. The number of aliphatic carboxylic acids is 2. The van der Waals surface area contributed by atoms with Crippen molar-refractivity contribution in [2.75, 3.05) is 18.4 Å². The molecule has 0 bridgehead atoms. The molecular weight excluding hydrogens is 507 g/mol. The van der Waals surface area contributed by atoms with Crippen LogP contribution in [0.1, 0.15) is 60.4 Å². The molecule has 200 valence electrons. The fourth-order valence-corrected chi connectivity index (χ4v) is 6.27. The number of rotatable bonds is 5. The number of thiophene rings is 1. The summed E-state index contributed by atoms with van der Waals surface area (Å²) in [6.45, 7) is 2.47. The number of carbonyl (C=O) groups is 3. The number of amides is 1. The number of benzene rings is 2. The topological polar surface area (TPSA) is 107 Å². The van der Waals surface area contributed by atoms with E-state index in [4.69, 9.17) is 10.2 Å². The predicted octanol–water partition coefficient (Wildman–Crippen LogP) is 6.13. The summed E-state index contributed by atoms with van der Waals surface area (Å²) < 4.78 is 14.4. The second-order valence-electron chi connectivity index (χ2n) is 9.62. The second-order valence-corrected chi connectivity index (χ2v) is 10.5. The molecule has 2 saturated heterocycles. The summed E-state index contributed by atoms with van der Waals surface area (Å²) in [7, 11) is 0. The number of hydrogen-bond acceptors (Lipinski definition) is 5. The fraction of sp³-hybridized carbons (Fsp3) is 0.345. The maximum absolute atomic E-state index is 13.1. The molecule has 2 fully saturated rings. The monoisotopic (exact) mass is 538 g/mol. The Bertz CT molecular complexity index is 1290. The van der Waals surface area contributed by atoms with Crippen LogP contribution < -0.4 is 5.32 Å². The Morgan fingerprint density at radius 1 is 0.921 bits per heavy atom. The molecular formula is C29H31FN2O5S. The minimum absolute atomic E-state index is 0.211. The van der Waals surface area contributed by atoms with Gasteiger partial charge in [0.15, 0.2) is 0 Å². The van der Waals surface area contributed by atoms with Gasteiger partial charge in [-0.05, 0) is 110 Å². The second kappa shape index (κ2) is 12.8. The van der Waals surface area contributed by atoms with Crippen molar-refractivity contribution in [2.24, 2.45) is 0 Å². The van der Waals surface area contributed by atoms with E-state index in [9.17, 15) is 18.8 Å². The molecule has 7 nitrogen and oxygen atoms in total. The first kappa shape index (κ1) is 27.5. The molecule has 0 spiro atoms. The number of carboxylic acids is 2. The number of fused-ring (bicyclic) bond motifs is 2. The van der Waals surface area contributed by atoms with E-state index in [1.54, 1.807) is 11.3 Å². The standard InChI is InChI=1S/C25H27FN2OS.C4H4O4/c26-19-7-4-18(5-8-19)25(29)27-20-9-11-24-22(15-20)23(16-30-24)17-6-10-21-3-1-2-13-28(21)14-12-17;5-3(6)1-2-4(7)8/h4-5,7-9,11,15-17,21H,1-3,6,10,12-14H2,(H,27,29);1-2H,(H,5,6)(H,7,8). The smallest absolute Gasteiger partial charge is 0.328 e. The van der Waals surface area contributed by atoms with Gasteiger partial charge in [0.2, 0.25) is 0 Å². The number of halogens is 1. The van der Waals surface area contributed by atoms with Crippen LogP contribution in [0.3, 0.4) is 0 Å². The van der Waals surface area contributed by atoms with E-state index in [1.165, 1.54) is 91.5 Å². The lowest BCUT2D eigenvalue weighted by Gasteiger charge is -2.33. The molecule has 38 heavy (non-hydrogen) atoms. The number of piperidine rings is 1. The van der Waals surface area contributed by atoms with E-state index in [0.29, 0.717) is 23.6 Å². The van der Waals surface area contributed by atoms with Gasteiger partial charge in [0.25, 0.3) is 5.91 Å². The highest BCUT2D eigenvalue weighted by Crippen LogP contribution is 2.40. The zero-order valence-corrected chi connectivity index (χ0v) is 21.8. The van der Waals surface area contributed by atoms with Gasteiger partial charge in [0.05, 0.1) is 0 Å². The van der Waals surface area contributed by atoms with E-state index >= 15 is 0 Å². The molecule has 0 saturated carbocycles. The molecule has 3 aromatic rings. The van der Waals surface area contributed by atoms with Gasteiger partial charge in [-0.15, -0.1) is 11.3 Å². The van der Waals surface area contributed by atoms with Crippen LogP contribution in [0, 0.1) is 5.82 Å². The zero-order valence-electron chi connectivity index (χ0n) is 20.9. The summed E-state index contributed by atoms with van der Waals surface area (Å²) in [5, 5.41) is 22.2. The first-order valence-corrected chi connectivity index (χ1v) is 13.6. The Kier molecular flexibility index (Phi) is 9.25. The number of nitrogens with zero attached hydrogens (tertiary/aromatic N) is 1. The minimum Gasteiger partial charge on any atom is -0.478 e. The van der Waals surface area contributed by atoms with Crippen molar-refractivity contribution in [3.05, 3.63) is 76.9 Å². The molecule has 0 radical (unpaired) electrons. The molecule has 1 amide bonds. The Morgan fingerprint density at radius 2 is 1.66 bits per heavy atom. The van der Waals surface area contributed by atoms with Crippen molar-refractivity contribution < 1.29 is 29.0 Å². The zero-order chi connectivity index (χ0) is 27.1. The summed E-state index contributed by atoms with van der Waals surface area (Å²) >= 11 is 1.80. The van der Waals surface area contributed by atoms with E-state index < -0.39 is 11.9 Å². The Balaban J connectivity index is 0.000000368. The number of hydrogen-bond donors (Lipinski definition) is 3. The lowest BCUT2D eigenvalue weighted by Crippen LogP contribution is -2.38. The lowest BCUT2D eigenvalue weighted by atomic mass is 9.90. The van der Waals surface area contributed by atoms with Gasteiger partial charge in [-0.3, -0.25) is 4.79 Å². The van der Waals surface area contributed by atoms with Gasteiger partial charge in [-0.1, -0.05) is 6.42 Å². The molecule has 9 heteroatoms. The Hall–Kier alpha value is -3.56. The summed E-state index contributed by atoms with van der Waals surface area (Å²) in [6, 6.07) is 12.6. The third-order valence-electron chi connectivity index (χ3n) is 7.14. The van der Waals surface area contributed by atoms with Gasteiger partial charge in [0.1, 0.15) is 5.82 Å². The maximum Gasteiger partial charge on any atom is 0.328 e. The number of nitrogens with one attached hydrogen (secondary N) is 1.